The molecule has 3 rings (SSSR count). The van der Waals surface area contributed by atoms with Gasteiger partial charge in [0.25, 0.3) is 5.91 Å². The van der Waals surface area contributed by atoms with Crippen LogP contribution in [0.1, 0.15) is 38.1 Å². The molecule has 1 heterocycles. The number of hydrogen-bond acceptors (Lipinski definition) is 4. The average molecular weight is 398 g/mol. The van der Waals surface area contributed by atoms with Gasteiger partial charge in [0.2, 0.25) is 0 Å². The van der Waals surface area contributed by atoms with Crippen molar-refractivity contribution in [3.05, 3.63) is 52.8 Å². The Labute approximate surface area is 169 Å². The van der Waals surface area contributed by atoms with Gasteiger partial charge in [0.05, 0.1) is 11.3 Å². The van der Waals surface area contributed by atoms with Gasteiger partial charge in [-0.1, -0.05) is 17.4 Å². The summed E-state index contributed by atoms with van der Waals surface area (Å²) >= 11 is 1.51. The van der Waals surface area contributed by atoms with Gasteiger partial charge in [0, 0.05) is 30.9 Å². The van der Waals surface area contributed by atoms with Crippen molar-refractivity contribution in [3.8, 4) is 5.75 Å². The number of aromatic nitrogens is 1. The SMILES string of the molecule is CCOc1cccc2sc(=NC(=O)c3ccc(N(CC)CC)cc3)n(CC)c12. The van der Waals surface area contributed by atoms with E-state index in [1.54, 1.807) is 0 Å². The lowest BCUT2D eigenvalue weighted by atomic mass is 10.2. The molecule has 0 fully saturated rings. The molecule has 148 valence electrons. The Morgan fingerprint density at radius 2 is 1.79 bits per heavy atom. The Kier molecular flexibility index (Phi) is 6.52. The third kappa shape index (κ3) is 3.97. The molecule has 3 aromatic rings. The van der Waals surface area contributed by atoms with Crippen molar-refractivity contribution >= 4 is 33.1 Å². The van der Waals surface area contributed by atoms with Gasteiger partial charge >= 0.3 is 0 Å². The molecule has 0 atom stereocenters. The average Bonchev–Trinajstić information content (AvgIpc) is 3.07. The fraction of sp³-hybridized carbons (Fsp3) is 0.364. The van der Waals surface area contributed by atoms with E-state index >= 15 is 0 Å². The zero-order valence-corrected chi connectivity index (χ0v) is 17.8. The minimum Gasteiger partial charge on any atom is -0.492 e. The minimum atomic E-state index is -0.224. The Morgan fingerprint density at radius 3 is 2.39 bits per heavy atom. The lowest BCUT2D eigenvalue weighted by molar-refractivity contribution is 0.0998. The van der Waals surface area contributed by atoms with Crippen LogP contribution >= 0.6 is 11.3 Å². The lowest BCUT2D eigenvalue weighted by Gasteiger charge is -2.20. The maximum atomic E-state index is 12.8. The third-order valence-electron chi connectivity index (χ3n) is 4.72. The van der Waals surface area contributed by atoms with Gasteiger partial charge in [0.1, 0.15) is 11.3 Å². The molecule has 0 unspecified atom stereocenters. The zero-order valence-electron chi connectivity index (χ0n) is 16.9. The van der Waals surface area contributed by atoms with Crippen LogP contribution in [-0.4, -0.2) is 30.2 Å². The standard InChI is InChI=1S/C22H27N3O2S/c1-5-24(6-2)17-14-12-16(13-15-17)21(26)23-22-25(7-3)20-18(27-8-4)10-9-11-19(20)28-22/h9-15H,5-8H2,1-4H3. The number of para-hydroxylation sites is 1. The quantitative estimate of drug-likeness (QED) is 0.580. The molecule has 0 saturated carbocycles. The molecule has 0 bridgehead atoms. The van der Waals surface area contributed by atoms with Crippen LogP contribution in [-0.2, 0) is 6.54 Å². The molecule has 5 nitrogen and oxygen atoms in total. The predicted octanol–water partition coefficient (Wildman–Crippen LogP) is 4.71. The highest BCUT2D eigenvalue weighted by molar-refractivity contribution is 7.16. The number of ether oxygens (including phenoxy) is 1. The van der Waals surface area contributed by atoms with E-state index in [1.165, 1.54) is 11.3 Å². The van der Waals surface area contributed by atoms with Gasteiger partial charge in [-0.25, -0.2) is 0 Å². The van der Waals surface area contributed by atoms with E-state index in [0.717, 1.165) is 41.3 Å². The molecule has 6 heteroatoms. The molecule has 0 N–H and O–H groups in total. The van der Waals surface area contributed by atoms with Crippen molar-refractivity contribution in [2.24, 2.45) is 4.99 Å². The summed E-state index contributed by atoms with van der Waals surface area (Å²) in [5.74, 6) is 0.605. The Balaban J connectivity index is 2.00. The first-order valence-corrected chi connectivity index (χ1v) is 10.6. The highest BCUT2D eigenvalue weighted by Crippen LogP contribution is 2.27. The fourth-order valence-corrected chi connectivity index (χ4v) is 4.41. The van der Waals surface area contributed by atoms with Crippen LogP contribution in [0.15, 0.2) is 47.5 Å². The summed E-state index contributed by atoms with van der Waals surface area (Å²) in [5.41, 5.74) is 2.72. The summed E-state index contributed by atoms with van der Waals surface area (Å²) in [7, 11) is 0. The van der Waals surface area contributed by atoms with Crippen LogP contribution in [0.3, 0.4) is 0 Å². The number of thiazole rings is 1. The van der Waals surface area contributed by atoms with E-state index in [-0.39, 0.29) is 5.91 Å². The predicted molar refractivity (Wildman–Crippen MR) is 117 cm³/mol. The zero-order chi connectivity index (χ0) is 20.1. The maximum absolute atomic E-state index is 12.8. The van der Waals surface area contributed by atoms with Crippen LogP contribution in [0, 0.1) is 0 Å². The largest absolute Gasteiger partial charge is 0.492 e. The first-order valence-electron chi connectivity index (χ1n) is 9.82. The number of amides is 1. The van der Waals surface area contributed by atoms with E-state index in [9.17, 15) is 4.79 Å². The molecule has 2 aromatic carbocycles. The van der Waals surface area contributed by atoms with Crippen molar-refractivity contribution in [2.75, 3.05) is 24.6 Å². The van der Waals surface area contributed by atoms with Crippen molar-refractivity contribution in [2.45, 2.75) is 34.2 Å². The summed E-state index contributed by atoms with van der Waals surface area (Å²) in [6.07, 6.45) is 0. The number of carbonyl (C=O) groups excluding carboxylic acids is 1. The van der Waals surface area contributed by atoms with Gasteiger partial charge in [-0.2, -0.15) is 4.99 Å². The molecular formula is C22H27N3O2S. The van der Waals surface area contributed by atoms with Crippen molar-refractivity contribution in [3.63, 3.8) is 0 Å². The molecule has 0 aliphatic rings. The van der Waals surface area contributed by atoms with Crippen LogP contribution in [0.4, 0.5) is 5.69 Å². The Morgan fingerprint density at radius 1 is 1.07 bits per heavy atom. The molecule has 0 spiro atoms. The van der Waals surface area contributed by atoms with Crippen LogP contribution in [0.2, 0.25) is 0 Å². The molecule has 0 radical (unpaired) electrons. The first kappa shape index (κ1) is 20.1. The van der Waals surface area contributed by atoms with Gasteiger partial charge in [0.15, 0.2) is 4.80 Å². The normalized spacial score (nSPS) is 11.8. The van der Waals surface area contributed by atoms with Crippen molar-refractivity contribution in [1.82, 2.24) is 4.57 Å². The summed E-state index contributed by atoms with van der Waals surface area (Å²) in [6.45, 7) is 11.5. The highest BCUT2D eigenvalue weighted by atomic mass is 32.1. The number of fused-ring (bicyclic) bond motifs is 1. The van der Waals surface area contributed by atoms with Crippen molar-refractivity contribution < 1.29 is 9.53 Å². The monoisotopic (exact) mass is 397 g/mol. The molecule has 0 aliphatic heterocycles. The molecular weight excluding hydrogens is 370 g/mol. The summed E-state index contributed by atoms with van der Waals surface area (Å²) < 4.78 is 8.89. The number of benzene rings is 2. The minimum absolute atomic E-state index is 0.224. The Hall–Kier alpha value is -2.60. The number of carbonyl (C=O) groups is 1. The van der Waals surface area contributed by atoms with E-state index in [1.807, 2.05) is 54.0 Å². The smallest absolute Gasteiger partial charge is 0.279 e. The number of rotatable bonds is 7. The summed E-state index contributed by atoms with van der Waals surface area (Å²) in [5, 5.41) is 0. The number of aryl methyl sites for hydroxylation is 1. The van der Waals surface area contributed by atoms with Crippen molar-refractivity contribution in [1.29, 1.82) is 0 Å². The van der Waals surface area contributed by atoms with Crippen LogP contribution in [0.5, 0.6) is 5.75 Å². The van der Waals surface area contributed by atoms with E-state index in [4.69, 9.17) is 4.74 Å². The van der Waals surface area contributed by atoms with E-state index in [2.05, 4.69) is 30.7 Å². The van der Waals surface area contributed by atoms with Gasteiger partial charge < -0.3 is 14.2 Å². The highest BCUT2D eigenvalue weighted by Gasteiger charge is 2.12. The Bertz CT molecular complexity index is 1010. The molecule has 0 aliphatic carbocycles. The van der Waals surface area contributed by atoms with Crippen LogP contribution < -0.4 is 14.4 Å². The second-order valence-corrected chi connectivity index (χ2v) is 7.31. The number of hydrogen-bond donors (Lipinski definition) is 0. The summed E-state index contributed by atoms with van der Waals surface area (Å²) in [6, 6.07) is 13.7. The lowest BCUT2D eigenvalue weighted by Crippen LogP contribution is -2.21. The molecule has 28 heavy (non-hydrogen) atoms. The number of nitrogens with zero attached hydrogens (tertiary/aromatic N) is 3. The first-order chi connectivity index (χ1) is 13.6. The van der Waals surface area contributed by atoms with Gasteiger partial charge in [-0.05, 0) is 64.1 Å². The second-order valence-electron chi connectivity index (χ2n) is 6.30. The van der Waals surface area contributed by atoms with E-state index < -0.39 is 0 Å². The second kappa shape index (κ2) is 9.06. The van der Waals surface area contributed by atoms with Gasteiger partial charge in [-0.15, -0.1) is 0 Å². The fourth-order valence-electron chi connectivity index (χ4n) is 3.30. The maximum Gasteiger partial charge on any atom is 0.279 e. The molecule has 1 amide bonds. The topological polar surface area (TPSA) is 46.8 Å². The van der Waals surface area contributed by atoms with E-state index in [0.29, 0.717) is 17.0 Å². The van der Waals surface area contributed by atoms with Crippen LogP contribution in [0.25, 0.3) is 10.2 Å². The third-order valence-corrected chi connectivity index (χ3v) is 5.76. The molecule has 0 saturated heterocycles. The van der Waals surface area contributed by atoms with Gasteiger partial charge in [-0.3, -0.25) is 4.79 Å². The molecule has 1 aromatic heterocycles. The summed E-state index contributed by atoms with van der Waals surface area (Å²) in [4.78, 5) is 20.1. The number of anilines is 1.